The Morgan fingerprint density at radius 2 is 1.91 bits per heavy atom. The molecule has 8 nitrogen and oxygen atoms in total. The summed E-state index contributed by atoms with van der Waals surface area (Å²) in [6, 6.07) is 12.1. The number of hydrogen-bond donors (Lipinski definition) is 0. The number of ether oxygens (including phenoxy) is 1. The summed E-state index contributed by atoms with van der Waals surface area (Å²) in [4.78, 5) is 27.2. The summed E-state index contributed by atoms with van der Waals surface area (Å²) in [6.45, 7) is 0.920. The smallest absolute Gasteiger partial charge is 0.336 e. The molecule has 0 spiro atoms. The van der Waals surface area contributed by atoms with Crippen molar-refractivity contribution < 1.29 is 22.4 Å². The Morgan fingerprint density at radius 1 is 1.11 bits per heavy atom. The van der Waals surface area contributed by atoms with Crippen molar-refractivity contribution in [1.82, 2.24) is 4.90 Å². The molecule has 1 aromatic heterocycles. The van der Waals surface area contributed by atoms with Crippen LogP contribution in [0, 0.1) is 5.92 Å². The van der Waals surface area contributed by atoms with Crippen molar-refractivity contribution in [1.29, 1.82) is 0 Å². The molecule has 0 N–H and O–H groups in total. The van der Waals surface area contributed by atoms with Gasteiger partial charge in [-0.25, -0.2) is 4.79 Å². The van der Waals surface area contributed by atoms with Crippen LogP contribution < -0.4 is 5.63 Å². The molecule has 0 saturated carbocycles. The third kappa shape index (κ3) is 3.93. The summed E-state index contributed by atoms with van der Waals surface area (Å²) in [6.07, 6.45) is 4.40. The Hall–Kier alpha value is -3.46. The molecule has 1 fully saturated rings. The number of hydrogen-bond acceptors (Lipinski definition) is 7. The summed E-state index contributed by atoms with van der Waals surface area (Å²) in [5.74, 6) is -0.400. The highest BCUT2D eigenvalue weighted by Crippen LogP contribution is 2.31. The Bertz CT molecular complexity index is 1560. The number of esters is 1. The van der Waals surface area contributed by atoms with Gasteiger partial charge in [-0.2, -0.15) is 8.42 Å². The second-order valence-electron chi connectivity index (χ2n) is 9.34. The summed E-state index contributed by atoms with van der Waals surface area (Å²) in [5.41, 5.74) is 3.70. The average molecular weight is 493 g/mol. The van der Waals surface area contributed by atoms with E-state index < -0.39 is 21.6 Å². The molecule has 6 rings (SSSR count). The number of sulfonamides is 1. The molecular weight excluding hydrogens is 468 g/mol. The Morgan fingerprint density at radius 3 is 2.77 bits per heavy atom. The number of carbonyl (C=O) groups excluding carboxylic acids is 1. The number of benzene rings is 2. The number of piperidine rings is 1. The van der Waals surface area contributed by atoms with Crippen LogP contribution in [0.1, 0.15) is 41.5 Å². The van der Waals surface area contributed by atoms with E-state index >= 15 is 0 Å². The van der Waals surface area contributed by atoms with Gasteiger partial charge in [0.1, 0.15) is 17.1 Å². The lowest BCUT2D eigenvalue weighted by atomic mass is 9.97. The molecule has 0 bridgehead atoms. The second-order valence-corrected chi connectivity index (χ2v) is 10.9. The molecular formula is C26H24N2O6S. The zero-order valence-electron chi connectivity index (χ0n) is 19.0. The molecule has 0 unspecified atom stereocenters. The molecule has 180 valence electrons. The molecule has 9 heteroatoms. The van der Waals surface area contributed by atoms with Crippen LogP contribution in [0.3, 0.4) is 0 Å². The van der Waals surface area contributed by atoms with E-state index in [1.54, 1.807) is 24.3 Å². The maximum atomic E-state index is 13.0. The zero-order chi connectivity index (χ0) is 24.2. The van der Waals surface area contributed by atoms with Crippen molar-refractivity contribution in [3.63, 3.8) is 0 Å². The third-order valence-corrected chi connectivity index (χ3v) is 8.40. The number of likely N-dealkylation sites (tertiary alicyclic amines) is 1. The molecule has 1 atom stereocenters. The number of fused-ring (bicyclic) bond motifs is 3. The van der Waals surface area contributed by atoms with Crippen LogP contribution in [0.5, 0.6) is 0 Å². The van der Waals surface area contributed by atoms with Crippen LogP contribution in [-0.2, 0) is 39.0 Å². The first-order chi connectivity index (χ1) is 16.9. The Kier molecular flexibility index (Phi) is 5.25. The molecule has 2 aromatic carbocycles. The van der Waals surface area contributed by atoms with E-state index in [1.165, 1.54) is 17.2 Å². The minimum absolute atomic E-state index is 0.0195. The minimum atomic E-state index is -3.73. The van der Waals surface area contributed by atoms with E-state index in [2.05, 4.69) is 4.40 Å². The monoisotopic (exact) mass is 492 g/mol. The fourth-order valence-corrected chi connectivity index (χ4v) is 6.59. The lowest BCUT2D eigenvalue weighted by Gasteiger charge is -2.32. The summed E-state index contributed by atoms with van der Waals surface area (Å²) in [5, 5.41) is 0.797. The van der Waals surface area contributed by atoms with Gasteiger partial charge in [0.25, 0.3) is 10.0 Å². The van der Waals surface area contributed by atoms with Crippen LogP contribution in [0.4, 0.5) is 0 Å². The number of aryl methyl sites for hydroxylation is 2. The van der Waals surface area contributed by atoms with Crippen molar-refractivity contribution in [3.05, 3.63) is 75.1 Å². The van der Waals surface area contributed by atoms with Crippen molar-refractivity contribution >= 4 is 32.8 Å². The van der Waals surface area contributed by atoms with E-state index in [4.69, 9.17) is 9.15 Å². The van der Waals surface area contributed by atoms with Gasteiger partial charge in [-0.3, -0.25) is 4.79 Å². The lowest BCUT2D eigenvalue weighted by Crippen LogP contribution is -2.42. The van der Waals surface area contributed by atoms with Gasteiger partial charge in [-0.05, 0) is 67.5 Å². The predicted octanol–water partition coefficient (Wildman–Crippen LogP) is 3.19. The Labute approximate surface area is 202 Å². The van der Waals surface area contributed by atoms with Gasteiger partial charge < -0.3 is 14.1 Å². The molecule has 0 radical (unpaired) electrons. The topological polar surface area (TPSA) is 106 Å². The van der Waals surface area contributed by atoms with E-state index in [0.717, 1.165) is 24.6 Å². The van der Waals surface area contributed by atoms with Crippen molar-refractivity contribution in [3.8, 4) is 0 Å². The number of amidine groups is 1. The fourth-order valence-electron chi connectivity index (χ4n) is 5.36. The van der Waals surface area contributed by atoms with Crippen LogP contribution in [-0.4, -0.2) is 38.2 Å². The van der Waals surface area contributed by atoms with Gasteiger partial charge >= 0.3 is 11.6 Å². The molecule has 3 heterocycles. The van der Waals surface area contributed by atoms with Crippen LogP contribution in [0.2, 0.25) is 0 Å². The van der Waals surface area contributed by atoms with Crippen LogP contribution in [0.15, 0.2) is 61.0 Å². The largest absolute Gasteiger partial charge is 0.461 e. The standard InChI is InChI=1S/C26H24N2O6S/c29-24-13-19(21-11-16-5-3-6-17(16)12-22(21)34-24)15-33-26(30)18-7-4-10-28(14-18)25-20-8-1-2-9-23(20)35(31,32)27-25/h1-2,8-9,11-13,18H,3-7,10,14-15H2/t18-/m1/s1. The quantitative estimate of drug-likeness (QED) is 0.408. The summed E-state index contributed by atoms with van der Waals surface area (Å²) < 4.78 is 40.0. The van der Waals surface area contributed by atoms with Gasteiger partial charge in [0.2, 0.25) is 0 Å². The van der Waals surface area contributed by atoms with Crippen LogP contribution in [0.25, 0.3) is 11.0 Å². The van der Waals surface area contributed by atoms with Gasteiger partial charge in [0.05, 0.1) is 5.92 Å². The number of carbonyl (C=O) groups is 1. The van der Waals surface area contributed by atoms with Crippen molar-refractivity contribution in [2.75, 3.05) is 13.1 Å². The molecule has 1 saturated heterocycles. The first-order valence-electron chi connectivity index (χ1n) is 11.8. The first kappa shape index (κ1) is 22.0. The van der Waals surface area contributed by atoms with E-state index in [9.17, 15) is 18.0 Å². The maximum absolute atomic E-state index is 13.0. The highest BCUT2D eigenvalue weighted by Gasteiger charge is 2.35. The van der Waals surface area contributed by atoms with Gasteiger partial charge in [0.15, 0.2) is 5.84 Å². The highest BCUT2D eigenvalue weighted by molar-refractivity contribution is 7.90. The van der Waals surface area contributed by atoms with E-state index in [-0.39, 0.29) is 17.5 Å². The third-order valence-electron chi connectivity index (χ3n) is 7.08. The molecule has 3 aliphatic rings. The summed E-state index contributed by atoms with van der Waals surface area (Å²) >= 11 is 0. The van der Waals surface area contributed by atoms with Crippen LogP contribution >= 0.6 is 0 Å². The summed E-state index contributed by atoms with van der Waals surface area (Å²) in [7, 11) is -3.73. The predicted molar refractivity (Wildman–Crippen MR) is 129 cm³/mol. The normalized spacial score (nSPS) is 20.4. The fraction of sp³-hybridized carbons (Fsp3) is 0.346. The Balaban J connectivity index is 1.20. The minimum Gasteiger partial charge on any atom is -0.461 e. The molecule has 3 aromatic rings. The maximum Gasteiger partial charge on any atom is 0.336 e. The van der Waals surface area contributed by atoms with Gasteiger partial charge in [-0.15, -0.1) is 4.40 Å². The zero-order valence-corrected chi connectivity index (χ0v) is 19.8. The lowest BCUT2D eigenvalue weighted by molar-refractivity contribution is -0.151. The van der Waals surface area contributed by atoms with Crippen molar-refractivity contribution in [2.45, 2.75) is 43.6 Å². The van der Waals surface area contributed by atoms with Crippen molar-refractivity contribution in [2.24, 2.45) is 10.3 Å². The van der Waals surface area contributed by atoms with E-state index in [0.29, 0.717) is 48.5 Å². The van der Waals surface area contributed by atoms with Gasteiger partial charge in [-0.1, -0.05) is 12.1 Å². The highest BCUT2D eigenvalue weighted by atomic mass is 32.2. The number of nitrogens with zero attached hydrogens (tertiary/aromatic N) is 2. The molecule has 35 heavy (non-hydrogen) atoms. The SMILES string of the molecule is O=C(OCc1cc(=O)oc2cc3c(cc12)CCC3)[C@@H]1CCCN(C2=NS(=O)(=O)c3ccccc32)C1. The average Bonchev–Trinajstić information content (AvgIpc) is 3.42. The van der Waals surface area contributed by atoms with Gasteiger partial charge in [0, 0.05) is 35.7 Å². The van der Waals surface area contributed by atoms with E-state index in [1.807, 2.05) is 17.0 Å². The second kappa shape index (κ2) is 8.34. The molecule has 2 aliphatic heterocycles. The number of rotatable bonds is 3. The first-order valence-corrected chi connectivity index (χ1v) is 13.3. The molecule has 1 aliphatic carbocycles. The molecule has 0 amide bonds.